The molecule has 0 unspecified atom stereocenters. The monoisotopic (exact) mass is 324 g/mol. The van der Waals surface area contributed by atoms with Crippen LogP contribution in [0.2, 0.25) is 0 Å². The Balaban J connectivity index is 3.57. The molecule has 0 aromatic rings. The van der Waals surface area contributed by atoms with Gasteiger partial charge in [0, 0.05) is 6.42 Å². The second-order valence-corrected chi connectivity index (χ2v) is 7.43. The van der Waals surface area contributed by atoms with Crippen molar-refractivity contribution >= 4 is 6.29 Å². The molecule has 0 bridgehead atoms. The normalized spacial score (nSPS) is 11.3. The van der Waals surface area contributed by atoms with Gasteiger partial charge in [-0.05, 0) is 12.3 Å². The van der Waals surface area contributed by atoms with Gasteiger partial charge in [0.05, 0.1) is 0 Å². The molecular weight excluding hydrogens is 280 g/mol. The van der Waals surface area contributed by atoms with Crippen LogP contribution < -0.4 is 0 Å². The predicted molar refractivity (Wildman–Crippen MR) is 104 cm³/mol. The Morgan fingerprint density at radius 3 is 1.35 bits per heavy atom. The topological polar surface area (TPSA) is 17.1 Å². The molecule has 0 spiro atoms. The molecule has 23 heavy (non-hydrogen) atoms. The van der Waals surface area contributed by atoms with Gasteiger partial charge in [0.1, 0.15) is 6.29 Å². The lowest BCUT2D eigenvalue weighted by Crippen LogP contribution is -2.02. The third-order valence-electron chi connectivity index (χ3n) is 5.12. The van der Waals surface area contributed by atoms with Crippen LogP contribution in [0.4, 0.5) is 0 Å². The van der Waals surface area contributed by atoms with E-state index in [2.05, 4.69) is 13.8 Å². The van der Waals surface area contributed by atoms with E-state index in [9.17, 15) is 4.79 Å². The maximum Gasteiger partial charge on any atom is 0.120 e. The van der Waals surface area contributed by atoms with Gasteiger partial charge in [0.2, 0.25) is 0 Å². The first-order valence-corrected chi connectivity index (χ1v) is 10.8. The Kier molecular flexibility index (Phi) is 19.4. The summed E-state index contributed by atoms with van der Waals surface area (Å²) in [6, 6.07) is 0. The standard InChI is InChI=1S/C22H44O/c1-3-5-7-9-11-13-15-18-22(20-17-21-23)19-16-14-12-10-8-6-4-2/h21-22H,3-20H2,1-2H3. The zero-order chi connectivity index (χ0) is 17.0. The van der Waals surface area contributed by atoms with E-state index in [-0.39, 0.29) is 0 Å². The summed E-state index contributed by atoms with van der Waals surface area (Å²) in [5.41, 5.74) is 0. The lowest BCUT2D eigenvalue weighted by atomic mass is 9.90. The van der Waals surface area contributed by atoms with Gasteiger partial charge < -0.3 is 4.79 Å². The molecule has 0 aromatic carbocycles. The van der Waals surface area contributed by atoms with E-state index in [1.807, 2.05) is 0 Å². The molecule has 0 rings (SSSR count). The highest BCUT2D eigenvalue weighted by molar-refractivity contribution is 5.49. The summed E-state index contributed by atoms with van der Waals surface area (Å²) < 4.78 is 0. The van der Waals surface area contributed by atoms with E-state index in [1.165, 1.54) is 103 Å². The summed E-state index contributed by atoms with van der Waals surface area (Å²) >= 11 is 0. The fourth-order valence-electron chi connectivity index (χ4n) is 3.52. The quantitative estimate of drug-likeness (QED) is 0.174. The van der Waals surface area contributed by atoms with Gasteiger partial charge in [-0.3, -0.25) is 0 Å². The summed E-state index contributed by atoms with van der Waals surface area (Å²) in [5.74, 6) is 0.812. The SMILES string of the molecule is CCCCCCCCCC(CCC=O)CCCCCCCCC. The van der Waals surface area contributed by atoms with Crippen LogP contribution in [0.25, 0.3) is 0 Å². The lowest BCUT2D eigenvalue weighted by Gasteiger charge is -2.15. The minimum absolute atomic E-state index is 0.775. The molecule has 0 saturated carbocycles. The maximum absolute atomic E-state index is 10.7. The fraction of sp³-hybridized carbons (Fsp3) is 0.955. The van der Waals surface area contributed by atoms with E-state index in [0.717, 1.165) is 25.0 Å². The first-order chi connectivity index (χ1) is 11.3. The Morgan fingerprint density at radius 2 is 0.957 bits per heavy atom. The molecule has 1 nitrogen and oxygen atoms in total. The van der Waals surface area contributed by atoms with Crippen molar-refractivity contribution in [3.63, 3.8) is 0 Å². The van der Waals surface area contributed by atoms with E-state index in [4.69, 9.17) is 0 Å². The Morgan fingerprint density at radius 1 is 0.565 bits per heavy atom. The van der Waals surface area contributed by atoms with E-state index in [1.54, 1.807) is 0 Å². The van der Waals surface area contributed by atoms with Crippen LogP contribution in [0.15, 0.2) is 0 Å². The number of carbonyl (C=O) groups is 1. The Hall–Kier alpha value is -0.330. The Bertz CT molecular complexity index is 206. The number of unbranched alkanes of at least 4 members (excludes halogenated alkanes) is 12. The van der Waals surface area contributed by atoms with E-state index < -0.39 is 0 Å². The smallest absolute Gasteiger partial charge is 0.120 e. The molecule has 0 saturated heterocycles. The highest BCUT2D eigenvalue weighted by Gasteiger charge is 2.08. The first kappa shape index (κ1) is 22.7. The molecule has 0 atom stereocenters. The number of rotatable bonds is 19. The van der Waals surface area contributed by atoms with Crippen molar-refractivity contribution in [2.75, 3.05) is 0 Å². The summed E-state index contributed by atoms with van der Waals surface area (Å²) in [6.07, 6.45) is 25.3. The van der Waals surface area contributed by atoms with Crippen molar-refractivity contribution in [2.45, 2.75) is 129 Å². The molecule has 0 aliphatic heterocycles. The van der Waals surface area contributed by atoms with Crippen molar-refractivity contribution in [1.29, 1.82) is 0 Å². The number of carbonyl (C=O) groups excluding carboxylic acids is 1. The summed E-state index contributed by atoms with van der Waals surface area (Å²) in [7, 11) is 0. The highest BCUT2D eigenvalue weighted by atomic mass is 16.1. The van der Waals surface area contributed by atoms with Gasteiger partial charge in [0.25, 0.3) is 0 Å². The minimum Gasteiger partial charge on any atom is -0.303 e. The van der Waals surface area contributed by atoms with Gasteiger partial charge in [-0.25, -0.2) is 0 Å². The molecule has 0 heterocycles. The maximum atomic E-state index is 10.7. The zero-order valence-corrected chi connectivity index (χ0v) is 16.3. The van der Waals surface area contributed by atoms with Crippen molar-refractivity contribution in [3.05, 3.63) is 0 Å². The molecule has 0 radical (unpaired) electrons. The van der Waals surface area contributed by atoms with Crippen LogP contribution in [0, 0.1) is 5.92 Å². The van der Waals surface area contributed by atoms with Crippen LogP contribution in [-0.2, 0) is 4.79 Å². The predicted octanol–water partition coefficient (Wildman–Crippen LogP) is 7.86. The van der Waals surface area contributed by atoms with Gasteiger partial charge >= 0.3 is 0 Å². The highest BCUT2D eigenvalue weighted by Crippen LogP contribution is 2.23. The Labute approximate surface area is 147 Å². The van der Waals surface area contributed by atoms with Crippen molar-refractivity contribution in [2.24, 2.45) is 5.92 Å². The summed E-state index contributed by atoms with van der Waals surface area (Å²) in [6.45, 7) is 4.56. The number of aldehydes is 1. The van der Waals surface area contributed by atoms with Crippen LogP contribution in [0.1, 0.15) is 129 Å². The van der Waals surface area contributed by atoms with E-state index >= 15 is 0 Å². The zero-order valence-electron chi connectivity index (χ0n) is 16.3. The number of hydrogen-bond acceptors (Lipinski definition) is 1. The second-order valence-electron chi connectivity index (χ2n) is 7.43. The third-order valence-corrected chi connectivity index (χ3v) is 5.12. The molecule has 0 amide bonds. The summed E-state index contributed by atoms with van der Waals surface area (Å²) in [4.78, 5) is 10.7. The number of hydrogen-bond donors (Lipinski definition) is 0. The summed E-state index contributed by atoms with van der Waals surface area (Å²) in [5, 5.41) is 0. The molecular formula is C22H44O. The fourth-order valence-corrected chi connectivity index (χ4v) is 3.52. The van der Waals surface area contributed by atoms with Gasteiger partial charge in [0.15, 0.2) is 0 Å². The molecule has 0 aliphatic carbocycles. The van der Waals surface area contributed by atoms with Gasteiger partial charge in [-0.2, -0.15) is 0 Å². The second kappa shape index (κ2) is 19.7. The molecule has 0 N–H and O–H groups in total. The first-order valence-electron chi connectivity index (χ1n) is 10.8. The van der Waals surface area contributed by atoms with Crippen LogP contribution in [0.3, 0.4) is 0 Å². The average Bonchev–Trinajstić information content (AvgIpc) is 2.57. The molecule has 138 valence electrons. The van der Waals surface area contributed by atoms with Crippen LogP contribution in [-0.4, -0.2) is 6.29 Å². The third kappa shape index (κ3) is 17.9. The molecule has 1 heteroatoms. The van der Waals surface area contributed by atoms with E-state index in [0.29, 0.717) is 0 Å². The molecule has 0 aromatic heterocycles. The van der Waals surface area contributed by atoms with Crippen molar-refractivity contribution < 1.29 is 4.79 Å². The largest absolute Gasteiger partial charge is 0.303 e. The van der Waals surface area contributed by atoms with Gasteiger partial charge in [-0.1, -0.05) is 117 Å². The van der Waals surface area contributed by atoms with Crippen molar-refractivity contribution in [3.8, 4) is 0 Å². The van der Waals surface area contributed by atoms with Gasteiger partial charge in [-0.15, -0.1) is 0 Å². The molecule has 0 fully saturated rings. The van der Waals surface area contributed by atoms with Crippen LogP contribution in [0.5, 0.6) is 0 Å². The average molecular weight is 325 g/mol. The van der Waals surface area contributed by atoms with Crippen molar-refractivity contribution in [1.82, 2.24) is 0 Å². The minimum atomic E-state index is 0.775. The molecule has 0 aliphatic rings. The van der Waals surface area contributed by atoms with Crippen LogP contribution >= 0.6 is 0 Å². The lowest BCUT2D eigenvalue weighted by molar-refractivity contribution is -0.108.